The van der Waals surface area contributed by atoms with Crippen molar-refractivity contribution in [2.45, 2.75) is 24.7 Å². The number of rotatable bonds is 2. The van der Waals surface area contributed by atoms with E-state index in [2.05, 4.69) is 31.4 Å². The normalized spacial score (nSPS) is 30.5. The van der Waals surface area contributed by atoms with Crippen molar-refractivity contribution in [1.29, 1.82) is 0 Å². The van der Waals surface area contributed by atoms with Gasteiger partial charge in [-0.25, -0.2) is 9.98 Å². The first-order valence-electron chi connectivity index (χ1n) is 8.56. The Morgan fingerprint density at radius 2 is 1.13 bits per heavy atom. The molecule has 14 nitrogen and oxygen atoms in total. The molecule has 4 heterocycles. The largest absolute Gasteiger partial charge is 0.326 e. The number of hydrazine groups is 2. The van der Waals surface area contributed by atoms with Gasteiger partial charge in [0.25, 0.3) is 0 Å². The zero-order valence-corrected chi connectivity index (χ0v) is 19.5. The molecule has 30 heavy (non-hydrogen) atoms. The molecule has 4 aliphatic rings. The van der Waals surface area contributed by atoms with Gasteiger partial charge in [-0.2, -0.15) is 0 Å². The second-order valence-corrected chi connectivity index (χ2v) is 9.61. The highest BCUT2D eigenvalue weighted by molar-refractivity contribution is 8.87. The Labute approximate surface area is 190 Å². The number of aliphatic imine (C=N–C) groups is 2. The summed E-state index contributed by atoms with van der Waals surface area (Å²) in [4.78, 5) is 39.1. The molecule has 0 spiro atoms. The maximum Gasteiger partial charge on any atom is 0.190 e. The van der Waals surface area contributed by atoms with Crippen LogP contribution in [0, 0.1) is 9.81 Å². The van der Waals surface area contributed by atoms with Crippen LogP contribution in [0.25, 0.3) is 0 Å². The van der Waals surface area contributed by atoms with Crippen LogP contribution in [0.2, 0.25) is 0 Å². The van der Waals surface area contributed by atoms with Crippen LogP contribution >= 0.6 is 46.0 Å². The van der Waals surface area contributed by atoms with Crippen LogP contribution in [-0.2, 0) is 0 Å². The molecule has 4 rings (SSSR count). The number of nitroso groups, excluding NO2 is 2. The number of amidine groups is 2. The van der Waals surface area contributed by atoms with Crippen molar-refractivity contribution in [3.05, 3.63) is 9.81 Å². The fraction of sp³-hybridized carbons (Fsp3) is 0.667. The Hall–Kier alpha value is -2.18. The van der Waals surface area contributed by atoms with Gasteiger partial charge in [0.05, 0.1) is 10.6 Å². The molecule has 2 saturated heterocycles. The van der Waals surface area contributed by atoms with Gasteiger partial charge in [-0.05, 0) is 46.0 Å². The van der Waals surface area contributed by atoms with Crippen LogP contribution in [0.4, 0.5) is 0 Å². The van der Waals surface area contributed by atoms with Crippen molar-refractivity contribution >= 4 is 66.6 Å². The molecule has 0 aliphatic carbocycles. The van der Waals surface area contributed by atoms with Crippen LogP contribution in [0.15, 0.2) is 20.6 Å². The first-order chi connectivity index (χ1) is 14.3. The minimum atomic E-state index is -0.446. The zero-order chi connectivity index (χ0) is 21.7. The molecule has 18 heteroatoms. The van der Waals surface area contributed by atoms with Crippen LogP contribution < -0.4 is 10.9 Å². The van der Waals surface area contributed by atoms with Crippen molar-refractivity contribution in [3.63, 3.8) is 0 Å². The van der Waals surface area contributed by atoms with Crippen LogP contribution in [-0.4, -0.2) is 103 Å². The predicted molar refractivity (Wildman–Crippen MR) is 123 cm³/mol. The summed E-state index contributed by atoms with van der Waals surface area (Å²) < 4.78 is 0. The Bertz CT molecular complexity index is 787. The first-order valence-corrected chi connectivity index (χ1v) is 11.5. The number of hydrogen-bond donors (Lipinski definition) is 2. The van der Waals surface area contributed by atoms with E-state index in [-0.39, 0.29) is 0 Å². The van der Waals surface area contributed by atoms with Gasteiger partial charge in [-0.3, -0.25) is 10.9 Å². The van der Waals surface area contributed by atoms with Gasteiger partial charge in [0.2, 0.25) is 0 Å². The van der Waals surface area contributed by atoms with Crippen molar-refractivity contribution < 1.29 is 0 Å². The summed E-state index contributed by atoms with van der Waals surface area (Å²) >= 11 is 10.7. The number of likely N-dealkylation sites (N-methyl/N-ethyl adjacent to an activating group) is 4. The second kappa shape index (κ2) is 7.82. The molecule has 2 N–H and O–H groups in total. The summed E-state index contributed by atoms with van der Waals surface area (Å²) in [7, 11) is 9.63. The lowest BCUT2D eigenvalue weighted by molar-refractivity contribution is 0.0565. The van der Waals surface area contributed by atoms with Gasteiger partial charge < -0.3 is 19.6 Å². The summed E-state index contributed by atoms with van der Waals surface area (Å²) in [5.74, 6) is 0. The summed E-state index contributed by atoms with van der Waals surface area (Å²) in [6.45, 7) is 0. The molecule has 4 unspecified atom stereocenters. The third-order valence-electron chi connectivity index (χ3n) is 5.12. The number of thiocarbonyl (C=S) groups is 2. The molecule has 0 bridgehead atoms. The van der Waals surface area contributed by atoms with Gasteiger partial charge >= 0.3 is 0 Å². The molecule has 0 aromatic carbocycles. The highest BCUT2D eigenvalue weighted by Crippen LogP contribution is 2.34. The quantitative estimate of drug-likeness (QED) is 0.299. The average molecular weight is 491 g/mol. The third kappa shape index (κ3) is 3.17. The SMILES string of the molecule is CN1C(=S)N(C)C2C1N=C(SSC1=NC3C(N(N=O)N1)N(C)C(=S)N3C)NN2N=O. The Balaban J connectivity index is 1.51. The lowest BCUT2D eigenvalue weighted by Crippen LogP contribution is -2.58. The summed E-state index contributed by atoms with van der Waals surface area (Å²) in [5, 5.41) is 10.5. The van der Waals surface area contributed by atoms with Crippen molar-refractivity contribution in [2.24, 2.45) is 20.6 Å². The van der Waals surface area contributed by atoms with E-state index in [1.54, 1.807) is 33.7 Å². The lowest BCUT2D eigenvalue weighted by atomic mass is 10.4. The fourth-order valence-corrected chi connectivity index (χ4v) is 5.67. The van der Waals surface area contributed by atoms with E-state index in [1.165, 1.54) is 31.8 Å². The number of fused-ring (bicyclic) bond motifs is 2. The second-order valence-electron chi connectivity index (χ2n) is 6.77. The third-order valence-corrected chi connectivity index (χ3v) is 8.27. The lowest BCUT2D eigenvalue weighted by Gasteiger charge is -2.35. The van der Waals surface area contributed by atoms with Crippen LogP contribution in [0.3, 0.4) is 0 Å². The minimum Gasteiger partial charge on any atom is -0.326 e. The molecule has 0 amide bonds. The summed E-state index contributed by atoms with van der Waals surface area (Å²) in [6.07, 6.45) is -1.68. The van der Waals surface area contributed by atoms with Gasteiger partial charge in [0, 0.05) is 28.2 Å². The monoisotopic (exact) mass is 490 g/mol. The Morgan fingerprint density at radius 3 is 1.47 bits per heavy atom. The predicted octanol–water partition coefficient (Wildman–Crippen LogP) is -0.288. The van der Waals surface area contributed by atoms with Crippen LogP contribution in [0.5, 0.6) is 0 Å². The van der Waals surface area contributed by atoms with E-state index < -0.39 is 24.7 Å². The highest BCUT2D eigenvalue weighted by Gasteiger charge is 2.48. The molecule has 0 aromatic rings. The first kappa shape index (κ1) is 21.1. The van der Waals surface area contributed by atoms with Gasteiger partial charge in [-0.1, -0.05) is 0 Å². The number of hydrogen-bond acceptors (Lipinski definition) is 12. The Kier molecular flexibility index (Phi) is 5.49. The molecular weight excluding hydrogens is 472 g/mol. The maximum absolute atomic E-state index is 11.4. The van der Waals surface area contributed by atoms with Gasteiger partial charge in [0.1, 0.15) is 0 Å². The van der Waals surface area contributed by atoms with E-state index >= 15 is 0 Å². The molecule has 4 aliphatic heterocycles. The number of nitrogens with one attached hydrogen (secondary N) is 2. The van der Waals surface area contributed by atoms with Crippen molar-refractivity contribution in [2.75, 3.05) is 28.2 Å². The smallest absolute Gasteiger partial charge is 0.190 e. The number of nitrogens with zero attached hydrogens (tertiary/aromatic N) is 10. The summed E-state index contributed by atoms with van der Waals surface area (Å²) in [5.41, 5.74) is 5.75. The molecule has 2 fully saturated rings. The maximum atomic E-state index is 11.4. The zero-order valence-electron chi connectivity index (χ0n) is 16.2. The molecule has 0 saturated carbocycles. The van der Waals surface area contributed by atoms with E-state index in [1.807, 2.05) is 14.1 Å². The molecule has 0 radical (unpaired) electrons. The molecule has 4 atom stereocenters. The fourth-order valence-electron chi connectivity index (χ4n) is 3.56. The van der Waals surface area contributed by atoms with Crippen molar-refractivity contribution in [3.8, 4) is 0 Å². The summed E-state index contributed by atoms with van der Waals surface area (Å²) in [6, 6.07) is 0. The van der Waals surface area contributed by atoms with E-state index in [4.69, 9.17) is 24.4 Å². The van der Waals surface area contributed by atoms with E-state index in [0.29, 0.717) is 20.6 Å². The van der Waals surface area contributed by atoms with Gasteiger partial charge in [-0.15, -0.1) is 20.0 Å². The Morgan fingerprint density at radius 1 is 0.767 bits per heavy atom. The molecular formula is C12H18N12O2S4. The molecule has 0 aromatic heterocycles. The highest BCUT2D eigenvalue weighted by atomic mass is 33.1. The average Bonchev–Trinajstić information content (AvgIpc) is 3.11. The topological polar surface area (TPSA) is 127 Å². The van der Waals surface area contributed by atoms with Crippen molar-refractivity contribution in [1.82, 2.24) is 40.7 Å². The van der Waals surface area contributed by atoms with Gasteiger partial charge in [0.15, 0.2) is 45.2 Å². The van der Waals surface area contributed by atoms with E-state index in [0.717, 1.165) is 0 Å². The van der Waals surface area contributed by atoms with E-state index in [9.17, 15) is 9.81 Å². The minimum absolute atomic E-state index is 0.393. The van der Waals surface area contributed by atoms with Crippen LogP contribution in [0.1, 0.15) is 0 Å². The molecule has 162 valence electrons. The standard InChI is InChI=1S/C12H18N12O2S4/c1-19-5-7(21(3)11(19)27)23(17-25)15-9(13-5)29-30-10-14-6-8(24(16-10)18-26)22(4)12(28)20(6)2/h5-8H,1-4H3,(H,13,15)(H,14,16).